The van der Waals surface area contributed by atoms with Crippen molar-refractivity contribution in [3.63, 3.8) is 0 Å². The smallest absolute Gasteiger partial charge is 0.123 e. The number of nitrogens with one attached hydrogen (secondary N) is 4. The van der Waals surface area contributed by atoms with E-state index in [9.17, 15) is 0 Å². The summed E-state index contributed by atoms with van der Waals surface area (Å²) in [7, 11) is -1.11. The maximum Gasteiger partial charge on any atom is 0.123 e. The lowest BCUT2D eigenvalue weighted by atomic mass is 10.0. The Morgan fingerprint density at radius 1 is 0.706 bits per heavy atom. The fraction of sp³-hybridized carbons (Fsp3) is 0.333. The third kappa shape index (κ3) is 4.27. The fourth-order valence-corrected chi connectivity index (χ4v) is 7.60. The Hall–Kier alpha value is -3.00. The first-order valence-corrected chi connectivity index (χ1v) is 15.7. The molecule has 174 valence electrons. The lowest BCUT2D eigenvalue weighted by molar-refractivity contribution is 0.613. The molecule has 2 aliphatic rings. The van der Waals surface area contributed by atoms with E-state index in [4.69, 9.17) is 0 Å². The van der Waals surface area contributed by atoms with E-state index in [0.717, 1.165) is 41.6 Å². The molecule has 0 amide bonds. The van der Waals surface area contributed by atoms with Gasteiger partial charge in [-0.3, -0.25) is 0 Å². The molecule has 0 radical (unpaired) electrons. The van der Waals surface area contributed by atoms with Gasteiger partial charge in [0.15, 0.2) is 0 Å². The van der Waals surface area contributed by atoms with Crippen molar-refractivity contribution >= 4 is 8.07 Å². The molecule has 2 atom stereocenters. The predicted molar refractivity (Wildman–Crippen MR) is 140 cm³/mol. The molecule has 0 aliphatic carbocycles. The van der Waals surface area contributed by atoms with Gasteiger partial charge in [0.2, 0.25) is 0 Å². The van der Waals surface area contributed by atoms with E-state index in [0.29, 0.717) is 12.1 Å². The maximum absolute atomic E-state index is 4.68. The highest BCUT2D eigenvalue weighted by Gasteiger charge is 2.34. The minimum Gasteiger partial charge on any atom is -0.341 e. The van der Waals surface area contributed by atoms with Gasteiger partial charge in [0.1, 0.15) is 11.6 Å². The van der Waals surface area contributed by atoms with E-state index in [1.165, 1.54) is 35.3 Å². The SMILES string of the molecule is C[Si]1(C)CNC(c2ncc(-c3ccc(-c4ccc(-c5cnc(C6CCCN6)[nH]5)cc4)cc3)[nH]2)C1. The van der Waals surface area contributed by atoms with Crippen LogP contribution in [-0.4, -0.2) is 40.7 Å². The summed E-state index contributed by atoms with van der Waals surface area (Å²) in [6, 6.07) is 19.4. The zero-order valence-corrected chi connectivity index (χ0v) is 20.9. The van der Waals surface area contributed by atoms with Crippen molar-refractivity contribution in [2.75, 3.05) is 12.7 Å². The summed E-state index contributed by atoms with van der Waals surface area (Å²) in [5.41, 5.74) is 6.90. The molecule has 34 heavy (non-hydrogen) atoms. The van der Waals surface area contributed by atoms with Crippen LogP contribution in [0.25, 0.3) is 33.6 Å². The van der Waals surface area contributed by atoms with Crippen molar-refractivity contribution in [3.8, 4) is 33.6 Å². The molecular formula is C27H32N6Si. The van der Waals surface area contributed by atoms with Crippen LogP contribution < -0.4 is 10.6 Å². The number of H-pyrrole nitrogens is 2. The molecule has 2 unspecified atom stereocenters. The number of benzene rings is 2. The molecule has 6 nitrogen and oxygen atoms in total. The molecule has 2 aromatic heterocycles. The number of aromatic amines is 2. The number of imidazole rings is 2. The molecule has 6 rings (SSSR count). The average molecular weight is 469 g/mol. The van der Waals surface area contributed by atoms with Crippen LogP contribution in [0.15, 0.2) is 60.9 Å². The van der Waals surface area contributed by atoms with Gasteiger partial charge >= 0.3 is 0 Å². The van der Waals surface area contributed by atoms with Crippen molar-refractivity contribution in [1.29, 1.82) is 0 Å². The molecule has 2 aliphatic heterocycles. The Morgan fingerprint density at radius 2 is 1.24 bits per heavy atom. The van der Waals surface area contributed by atoms with Gasteiger partial charge in [-0.2, -0.15) is 0 Å². The molecular weight excluding hydrogens is 436 g/mol. The quantitative estimate of drug-likeness (QED) is 0.294. The molecule has 2 fully saturated rings. The molecule has 4 heterocycles. The highest BCUT2D eigenvalue weighted by Crippen LogP contribution is 2.31. The van der Waals surface area contributed by atoms with Gasteiger partial charge in [-0.1, -0.05) is 61.6 Å². The first-order valence-electron chi connectivity index (χ1n) is 12.3. The van der Waals surface area contributed by atoms with Crippen LogP contribution in [0.3, 0.4) is 0 Å². The van der Waals surface area contributed by atoms with Crippen molar-refractivity contribution in [3.05, 3.63) is 72.6 Å². The number of hydrogen-bond donors (Lipinski definition) is 4. The van der Waals surface area contributed by atoms with Gasteiger partial charge in [-0.15, -0.1) is 0 Å². The summed E-state index contributed by atoms with van der Waals surface area (Å²) in [5.74, 6) is 2.11. The van der Waals surface area contributed by atoms with Crippen molar-refractivity contribution in [2.24, 2.45) is 0 Å². The van der Waals surface area contributed by atoms with Gasteiger partial charge in [-0.25, -0.2) is 9.97 Å². The highest BCUT2D eigenvalue weighted by atomic mass is 28.3. The first-order chi connectivity index (χ1) is 16.5. The Morgan fingerprint density at radius 3 is 1.71 bits per heavy atom. The molecule has 4 N–H and O–H groups in total. The lowest BCUT2D eigenvalue weighted by Crippen LogP contribution is -2.28. The summed E-state index contributed by atoms with van der Waals surface area (Å²) in [5, 5.41) is 7.15. The minimum absolute atomic E-state index is 0.362. The van der Waals surface area contributed by atoms with Crippen LogP contribution in [0.2, 0.25) is 19.1 Å². The zero-order chi connectivity index (χ0) is 23.1. The Balaban J connectivity index is 1.15. The second-order valence-corrected chi connectivity index (χ2v) is 15.6. The third-order valence-electron chi connectivity index (χ3n) is 7.22. The number of aromatic nitrogens is 4. The molecule has 0 bridgehead atoms. The zero-order valence-electron chi connectivity index (χ0n) is 19.9. The Bertz CT molecular complexity index is 1270. The van der Waals surface area contributed by atoms with E-state index >= 15 is 0 Å². The molecule has 4 aromatic rings. The monoisotopic (exact) mass is 468 g/mol. The highest BCUT2D eigenvalue weighted by molar-refractivity contribution is 6.78. The molecule has 0 spiro atoms. The van der Waals surface area contributed by atoms with Crippen LogP contribution in [-0.2, 0) is 0 Å². The topological polar surface area (TPSA) is 81.4 Å². The second-order valence-electron chi connectivity index (χ2n) is 10.5. The summed E-state index contributed by atoms with van der Waals surface area (Å²) < 4.78 is 0. The Kier molecular flexibility index (Phi) is 5.48. The van der Waals surface area contributed by atoms with E-state index in [1.54, 1.807) is 0 Å². The lowest BCUT2D eigenvalue weighted by Gasteiger charge is -2.11. The van der Waals surface area contributed by atoms with Crippen molar-refractivity contribution in [2.45, 2.75) is 44.1 Å². The standard InChI is InChI=1S/C27H32N6Si/c1-34(2)16-25(31-17-34)27-30-15-24(33-27)21-11-7-19(8-12-21)18-5-9-20(10-6-18)23-14-29-26(32-23)22-4-3-13-28-22/h5-12,14-15,22,25,28,31H,3-4,13,16-17H2,1-2H3,(H,29,32)(H,30,33). The normalized spacial score (nSPS) is 21.8. The van der Waals surface area contributed by atoms with Gasteiger partial charge < -0.3 is 20.6 Å². The maximum atomic E-state index is 4.68. The van der Waals surface area contributed by atoms with E-state index < -0.39 is 8.07 Å². The number of nitrogens with zero attached hydrogens (tertiary/aromatic N) is 2. The second kappa shape index (κ2) is 8.65. The van der Waals surface area contributed by atoms with E-state index in [1.807, 2.05) is 12.4 Å². The molecule has 2 saturated heterocycles. The first kappa shape index (κ1) is 21.5. The summed E-state index contributed by atoms with van der Waals surface area (Å²) in [6.45, 7) is 5.96. The van der Waals surface area contributed by atoms with E-state index in [2.05, 4.69) is 92.2 Å². The molecule has 0 saturated carbocycles. The summed E-state index contributed by atoms with van der Waals surface area (Å²) >= 11 is 0. The van der Waals surface area contributed by atoms with Gasteiger partial charge in [-0.05, 0) is 53.9 Å². The van der Waals surface area contributed by atoms with Crippen LogP contribution >= 0.6 is 0 Å². The third-order valence-corrected chi connectivity index (χ3v) is 9.89. The van der Waals surface area contributed by atoms with Gasteiger partial charge in [0.05, 0.1) is 43.9 Å². The van der Waals surface area contributed by atoms with Crippen LogP contribution in [0.1, 0.15) is 36.6 Å². The van der Waals surface area contributed by atoms with Gasteiger partial charge in [0, 0.05) is 0 Å². The number of rotatable bonds is 5. The number of hydrogen-bond acceptors (Lipinski definition) is 4. The predicted octanol–water partition coefficient (Wildman–Crippen LogP) is 5.45. The van der Waals surface area contributed by atoms with Crippen LogP contribution in [0.5, 0.6) is 0 Å². The average Bonchev–Trinajstić information content (AvgIpc) is 3.66. The van der Waals surface area contributed by atoms with Crippen LogP contribution in [0.4, 0.5) is 0 Å². The van der Waals surface area contributed by atoms with Crippen molar-refractivity contribution < 1.29 is 0 Å². The fourth-order valence-electron chi connectivity index (χ4n) is 5.21. The Labute approximate surface area is 201 Å². The largest absolute Gasteiger partial charge is 0.341 e. The summed E-state index contributed by atoms with van der Waals surface area (Å²) in [6.07, 6.45) is 7.45. The van der Waals surface area contributed by atoms with Crippen molar-refractivity contribution in [1.82, 2.24) is 30.6 Å². The molecule has 7 heteroatoms. The summed E-state index contributed by atoms with van der Waals surface area (Å²) in [4.78, 5) is 16.3. The van der Waals surface area contributed by atoms with E-state index in [-0.39, 0.29) is 0 Å². The van der Waals surface area contributed by atoms with Crippen LogP contribution in [0, 0.1) is 0 Å². The molecule has 2 aromatic carbocycles. The van der Waals surface area contributed by atoms with Gasteiger partial charge in [0.25, 0.3) is 0 Å². The minimum atomic E-state index is -1.11.